The molecule has 3 rings (SSSR count). The summed E-state index contributed by atoms with van der Waals surface area (Å²) >= 11 is 1.46. The molecule has 136 valence electrons. The number of nitrogens with zero attached hydrogens (tertiary/aromatic N) is 1. The maximum Gasteiger partial charge on any atom is 0.337 e. The summed E-state index contributed by atoms with van der Waals surface area (Å²) in [6.45, 7) is 2.05. The molecule has 1 N–H and O–H groups in total. The molecule has 0 radical (unpaired) electrons. The van der Waals surface area contributed by atoms with E-state index in [1.54, 1.807) is 6.92 Å². The van der Waals surface area contributed by atoms with Gasteiger partial charge < -0.3 is 10.1 Å². The summed E-state index contributed by atoms with van der Waals surface area (Å²) in [6, 6.07) is 21.6. The molecule has 2 aromatic carbocycles. The number of esters is 1. The number of rotatable bonds is 5. The van der Waals surface area contributed by atoms with Gasteiger partial charge in [0.05, 0.1) is 40.5 Å². The number of thioether (sulfide) groups is 1. The second kappa shape index (κ2) is 8.61. The van der Waals surface area contributed by atoms with Crippen LogP contribution in [0.5, 0.6) is 0 Å². The predicted octanol–water partition coefficient (Wildman–Crippen LogP) is 4.45. The molecular weight excluding hydrogens is 356 g/mol. The van der Waals surface area contributed by atoms with Crippen LogP contribution in [0.3, 0.4) is 0 Å². The number of nitriles is 1. The molecule has 0 saturated heterocycles. The number of dihydropyridines is 1. The number of benzene rings is 2. The van der Waals surface area contributed by atoms with Crippen molar-refractivity contribution in [3.8, 4) is 6.07 Å². The number of ether oxygens (including phenoxy) is 1. The summed E-state index contributed by atoms with van der Waals surface area (Å²) < 4.78 is 5.37. The van der Waals surface area contributed by atoms with Crippen molar-refractivity contribution in [1.29, 1.82) is 5.26 Å². The second-order valence-electron chi connectivity index (χ2n) is 5.90. The molecule has 0 unspecified atom stereocenters. The zero-order valence-electron chi connectivity index (χ0n) is 15.2. The van der Waals surface area contributed by atoms with E-state index in [0.717, 1.165) is 16.2 Å². The summed E-state index contributed by atoms with van der Waals surface area (Å²) in [4.78, 5) is 13.0. The van der Waals surface area contributed by atoms with Crippen LogP contribution < -0.4 is 5.32 Å². The van der Waals surface area contributed by atoms with Crippen molar-refractivity contribution in [2.45, 2.75) is 12.8 Å². The minimum Gasteiger partial charge on any atom is -0.463 e. The maximum atomic E-state index is 13.0. The Morgan fingerprint density at radius 3 is 2.33 bits per heavy atom. The highest BCUT2D eigenvalue weighted by Gasteiger charge is 2.36. The zero-order valence-corrected chi connectivity index (χ0v) is 16.0. The SMILES string of the molecule is CCOC(=O)C1=C(c2ccccc2)NC(SC)=C(C#N)[C@@H]1c1ccccc1. The van der Waals surface area contributed by atoms with Gasteiger partial charge in [-0.25, -0.2) is 4.79 Å². The topological polar surface area (TPSA) is 62.1 Å². The molecule has 5 heteroatoms. The normalized spacial score (nSPS) is 16.6. The first-order valence-electron chi connectivity index (χ1n) is 8.68. The van der Waals surface area contributed by atoms with Crippen LogP contribution in [0.1, 0.15) is 24.0 Å². The molecule has 0 fully saturated rings. The van der Waals surface area contributed by atoms with Crippen molar-refractivity contribution >= 4 is 23.4 Å². The Balaban J connectivity index is 2.29. The molecule has 27 heavy (non-hydrogen) atoms. The van der Waals surface area contributed by atoms with E-state index in [9.17, 15) is 10.1 Å². The van der Waals surface area contributed by atoms with Crippen LogP contribution in [0.25, 0.3) is 5.70 Å². The van der Waals surface area contributed by atoms with Gasteiger partial charge in [-0.1, -0.05) is 60.7 Å². The predicted molar refractivity (Wildman–Crippen MR) is 108 cm³/mol. The second-order valence-corrected chi connectivity index (χ2v) is 6.72. The minimum absolute atomic E-state index is 0.271. The van der Waals surface area contributed by atoms with E-state index in [0.29, 0.717) is 16.8 Å². The highest BCUT2D eigenvalue weighted by atomic mass is 32.2. The average molecular weight is 376 g/mol. The van der Waals surface area contributed by atoms with Gasteiger partial charge in [0.15, 0.2) is 0 Å². The first kappa shape index (κ1) is 18.8. The molecule has 1 aliphatic heterocycles. The van der Waals surface area contributed by atoms with Gasteiger partial charge in [-0.3, -0.25) is 0 Å². The van der Waals surface area contributed by atoms with Crippen LogP contribution in [-0.2, 0) is 9.53 Å². The fraction of sp³-hybridized carbons (Fsp3) is 0.182. The summed E-state index contributed by atoms with van der Waals surface area (Å²) in [5, 5.41) is 13.9. The number of carbonyl (C=O) groups is 1. The van der Waals surface area contributed by atoms with Crippen molar-refractivity contribution in [3.05, 3.63) is 88.0 Å². The van der Waals surface area contributed by atoms with Gasteiger partial charge in [0.25, 0.3) is 0 Å². The van der Waals surface area contributed by atoms with Crippen molar-refractivity contribution in [2.75, 3.05) is 12.9 Å². The van der Waals surface area contributed by atoms with Gasteiger partial charge in [-0.05, 0) is 24.3 Å². The van der Waals surface area contributed by atoms with E-state index in [1.165, 1.54) is 11.8 Å². The summed E-state index contributed by atoms with van der Waals surface area (Å²) in [7, 11) is 0. The third kappa shape index (κ3) is 3.76. The Kier molecular flexibility index (Phi) is 6.00. The fourth-order valence-electron chi connectivity index (χ4n) is 3.18. The lowest BCUT2D eigenvalue weighted by Crippen LogP contribution is -2.29. The molecule has 0 aromatic heterocycles. The van der Waals surface area contributed by atoms with Crippen LogP contribution in [0, 0.1) is 11.3 Å². The van der Waals surface area contributed by atoms with E-state index in [-0.39, 0.29) is 6.61 Å². The lowest BCUT2D eigenvalue weighted by atomic mass is 9.81. The molecule has 0 bridgehead atoms. The van der Waals surface area contributed by atoms with E-state index in [1.807, 2.05) is 66.9 Å². The number of nitrogens with one attached hydrogen (secondary N) is 1. The van der Waals surface area contributed by atoms with Crippen LogP contribution in [0.2, 0.25) is 0 Å². The molecule has 0 saturated carbocycles. The lowest BCUT2D eigenvalue weighted by Gasteiger charge is -2.30. The molecular formula is C22H20N2O2S. The van der Waals surface area contributed by atoms with E-state index >= 15 is 0 Å². The van der Waals surface area contributed by atoms with Gasteiger partial charge in [0.1, 0.15) is 0 Å². The van der Waals surface area contributed by atoms with Gasteiger partial charge in [-0.15, -0.1) is 11.8 Å². The summed E-state index contributed by atoms with van der Waals surface area (Å²) in [6.07, 6.45) is 1.92. The van der Waals surface area contributed by atoms with Gasteiger partial charge in [0, 0.05) is 0 Å². The lowest BCUT2D eigenvalue weighted by molar-refractivity contribution is -0.138. The number of hydrogen-bond donors (Lipinski definition) is 1. The third-order valence-electron chi connectivity index (χ3n) is 4.35. The fourth-order valence-corrected chi connectivity index (χ4v) is 3.77. The number of hydrogen-bond acceptors (Lipinski definition) is 5. The number of carbonyl (C=O) groups excluding carboxylic acids is 1. The quantitative estimate of drug-likeness (QED) is 0.782. The highest BCUT2D eigenvalue weighted by molar-refractivity contribution is 8.02. The standard InChI is InChI=1S/C22H20N2O2S/c1-3-26-22(25)19-18(15-10-6-4-7-11-15)17(14-23)21(27-2)24-20(19)16-12-8-5-9-13-16/h4-13,18,24H,3H2,1-2H3/t18-/m0/s1. The average Bonchev–Trinajstić information content (AvgIpc) is 2.73. The number of allylic oxidation sites excluding steroid dienone is 1. The molecule has 1 atom stereocenters. The van der Waals surface area contributed by atoms with Gasteiger partial charge in [-0.2, -0.15) is 5.26 Å². The summed E-state index contributed by atoms with van der Waals surface area (Å²) in [5.41, 5.74) is 3.44. The monoisotopic (exact) mass is 376 g/mol. The van der Waals surface area contributed by atoms with E-state index < -0.39 is 11.9 Å². The van der Waals surface area contributed by atoms with E-state index in [2.05, 4.69) is 11.4 Å². The Labute approximate surface area is 163 Å². The zero-order chi connectivity index (χ0) is 19.2. The molecule has 2 aromatic rings. The Morgan fingerprint density at radius 1 is 1.15 bits per heavy atom. The molecule has 0 amide bonds. The minimum atomic E-state index is -0.478. The molecule has 1 heterocycles. The Bertz CT molecular complexity index is 928. The Morgan fingerprint density at radius 2 is 1.78 bits per heavy atom. The maximum absolute atomic E-state index is 13.0. The molecule has 1 aliphatic rings. The smallest absolute Gasteiger partial charge is 0.337 e. The molecule has 4 nitrogen and oxygen atoms in total. The van der Waals surface area contributed by atoms with Gasteiger partial charge in [0.2, 0.25) is 0 Å². The van der Waals surface area contributed by atoms with Crippen LogP contribution >= 0.6 is 11.8 Å². The first-order chi connectivity index (χ1) is 13.2. The van der Waals surface area contributed by atoms with Crippen LogP contribution in [0.4, 0.5) is 0 Å². The molecule has 0 aliphatic carbocycles. The summed E-state index contributed by atoms with van der Waals surface area (Å²) in [5.74, 6) is -0.889. The molecule has 0 spiro atoms. The van der Waals surface area contributed by atoms with Crippen molar-refractivity contribution in [3.63, 3.8) is 0 Å². The highest BCUT2D eigenvalue weighted by Crippen LogP contribution is 2.42. The van der Waals surface area contributed by atoms with Crippen LogP contribution in [-0.4, -0.2) is 18.8 Å². The third-order valence-corrected chi connectivity index (χ3v) is 5.08. The van der Waals surface area contributed by atoms with Crippen molar-refractivity contribution < 1.29 is 9.53 Å². The van der Waals surface area contributed by atoms with Crippen molar-refractivity contribution in [2.24, 2.45) is 0 Å². The largest absolute Gasteiger partial charge is 0.463 e. The van der Waals surface area contributed by atoms with Crippen LogP contribution in [0.15, 0.2) is 76.8 Å². The van der Waals surface area contributed by atoms with Gasteiger partial charge >= 0.3 is 5.97 Å². The van der Waals surface area contributed by atoms with E-state index in [4.69, 9.17) is 4.74 Å². The van der Waals surface area contributed by atoms with Crippen molar-refractivity contribution in [1.82, 2.24) is 5.32 Å². The first-order valence-corrected chi connectivity index (χ1v) is 9.90. The Hall–Kier alpha value is -2.97.